The molecular weight excluding hydrogens is 228 g/mol. The van der Waals surface area contributed by atoms with Crippen molar-refractivity contribution in [1.82, 2.24) is 5.32 Å². The van der Waals surface area contributed by atoms with Gasteiger partial charge in [0.25, 0.3) is 0 Å². The number of benzene rings is 1. The molecule has 1 heterocycles. The maximum Gasteiger partial charge on any atom is 0.233 e. The molecular formula is C14H20N2O2. The fourth-order valence-electron chi connectivity index (χ4n) is 2.34. The number of nitrogens with zero attached hydrogens (tertiary/aromatic N) is 1. The monoisotopic (exact) mass is 248 g/mol. The minimum absolute atomic E-state index is 0.153. The summed E-state index contributed by atoms with van der Waals surface area (Å²) in [6.07, 6.45) is 0.889. The molecule has 0 radical (unpaired) electrons. The van der Waals surface area contributed by atoms with Gasteiger partial charge >= 0.3 is 0 Å². The Morgan fingerprint density at radius 1 is 1.50 bits per heavy atom. The van der Waals surface area contributed by atoms with Crippen LogP contribution >= 0.6 is 0 Å². The molecule has 18 heavy (non-hydrogen) atoms. The third-order valence-electron chi connectivity index (χ3n) is 3.63. The van der Waals surface area contributed by atoms with Crippen molar-refractivity contribution in [2.75, 3.05) is 32.1 Å². The Balaban J connectivity index is 2.19. The largest absolute Gasteiger partial charge is 0.497 e. The number of nitrogens with one attached hydrogen (secondary N) is 1. The van der Waals surface area contributed by atoms with E-state index in [9.17, 15) is 4.79 Å². The smallest absolute Gasteiger partial charge is 0.233 e. The second kappa shape index (κ2) is 4.98. The highest BCUT2D eigenvalue weighted by atomic mass is 16.5. The van der Waals surface area contributed by atoms with E-state index in [1.807, 2.05) is 38.2 Å². The predicted molar refractivity (Wildman–Crippen MR) is 72.0 cm³/mol. The summed E-state index contributed by atoms with van der Waals surface area (Å²) in [7, 11) is 3.45. The summed E-state index contributed by atoms with van der Waals surface area (Å²) in [6.45, 7) is 3.68. The highest BCUT2D eigenvalue weighted by Gasteiger charge is 2.38. The predicted octanol–water partition coefficient (Wildman–Crippen LogP) is 1.66. The number of carbonyl (C=O) groups is 1. The molecule has 1 aromatic rings. The van der Waals surface area contributed by atoms with Gasteiger partial charge in [0.05, 0.1) is 12.5 Å². The highest BCUT2D eigenvalue weighted by molar-refractivity contribution is 5.97. The van der Waals surface area contributed by atoms with Gasteiger partial charge in [-0.2, -0.15) is 0 Å². The topological polar surface area (TPSA) is 41.6 Å². The first-order chi connectivity index (χ1) is 8.57. The van der Waals surface area contributed by atoms with E-state index in [2.05, 4.69) is 5.32 Å². The number of rotatable bonds is 3. The van der Waals surface area contributed by atoms with Crippen molar-refractivity contribution in [3.05, 3.63) is 24.3 Å². The van der Waals surface area contributed by atoms with Crippen molar-refractivity contribution in [3.8, 4) is 5.75 Å². The van der Waals surface area contributed by atoms with Crippen molar-refractivity contribution < 1.29 is 9.53 Å². The zero-order valence-corrected chi connectivity index (χ0v) is 11.2. The average Bonchev–Trinajstić information content (AvgIpc) is 2.85. The Labute approximate surface area is 108 Å². The van der Waals surface area contributed by atoms with E-state index in [4.69, 9.17) is 4.74 Å². The second-order valence-electron chi connectivity index (χ2n) is 5.05. The van der Waals surface area contributed by atoms with Crippen LogP contribution in [-0.2, 0) is 4.79 Å². The summed E-state index contributed by atoms with van der Waals surface area (Å²) in [5.41, 5.74) is 0.574. The summed E-state index contributed by atoms with van der Waals surface area (Å²) in [5.74, 6) is 0.919. The Bertz CT molecular complexity index is 439. The van der Waals surface area contributed by atoms with Crippen molar-refractivity contribution in [2.45, 2.75) is 13.3 Å². The van der Waals surface area contributed by atoms with Gasteiger partial charge < -0.3 is 15.0 Å². The van der Waals surface area contributed by atoms with Gasteiger partial charge in [0.15, 0.2) is 0 Å². The van der Waals surface area contributed by atoms with Crippen molar-refractivity contribution >= 4 is 11.6 Å². The normalized spacial score (nSPS) is 22.8. The Morgan fingerprint density at radius 3 is 2.89 bits per heavy atom. The summed E-state index contributed by atoms with van der Waals surface area (Å²) in [6, 6.07) is 7.57. The van der Waals surface area contributed by atoms with Crippen LogP contribution in [0.2, 0.25) is 0 Å². The van der Waals surface area contributed by atoms with Crippen LogP contribution in [-0.4, -0.2) is 33.2 Å². The Kier molecular flexibility index (Phi) is 3.57. The third-order valence-corrected chi connectivity index (χ3v) is 3.63. The molecule has 1 fully saturated rings. The summed E-state index contributed by atoms with van der Waals surface area (Å²) < 4.78 is 5.19. The van der Waals surface area contributed by atoms with Crippen molar-refractivity contribution in [3.63, 3.8) is 0 Å². The molecule has 4 heteroatoms. The summed E-state index contributed by atoms with van der Waals surface area (Å²) in [5, 5.41) is 3.25. The van der Waals surface area contributed by atoms with Gasteiger partial charge in [0, 0.05) is 25.3 Å². The zero-order chi connectivity index (χ0) is 13.2. The third kappa shape index (κ3) is 2.34. The van der Waals surface area contributed by atoms with E-state index in [-0.39, 0.29) is 11.3 Å². The lowest BCUT2D eigenvalue weighted by Gasteiger charge is -2.28. The lowest BCUT2D eigenvalue weighted by Crippen LogP contribution is -2.41. The van der Waals surface area contributed by atoms with Crippen molar-refractivity contribution in [2.24, 2.45) is 5.41 Å². The molecule has 1 aliphatic rings. The lowest BCUT2D eigenvalue weighted by molar-refractivity contribution is -0.126. The van der Waals surface area contributed by atoms with E-state index < -0.39 is 0 Å². The van der Waals surface area contributed by atoms with Crippen LogP contribution in [0.15, 0.2) is 24.3 Å². The molecule has 2 rings (SSSR count). The van der Waals surface area contributed by atoms with Gasteiger partial charge in [0.1, 0.15) is 5.75 Å². The number of hydrogen-bond acceptors (Lipinski definition) is 3. The Morgan fingerprint density at radius 2 is 2.28 bits per heavy atom. The first kappa shape index (κ1) is 12.9. The van der Waals surface area contributed by atoms with Gasteiger partial charge in [-0.1, -0.05) is 6.07 Å². The second-order valence-corrected chi connectivity index (χ2v) is 5.05. The number of carbonyl (C=O) groups excluding carboxylic acids is 1. The van der Waals surface area contributed by atoms with Crippen LogP contribution in [0.25, 0.3) is 0 Å². The standard InChI is InChI=1S/C14H20N2O2/c1-14(7-8-15-10-14)13(17)16(2)11-5-4-6-12(9-11)18-3/h4-6,9,15H,7-8,10H2,1-3H3. The van der Waals surface area contributed by atoms with Crippen LogP contribution in [0.1, 0.15) is 13.3 Å². The van der Waals surface area contributed by atoms with E-state index >= 15 is 0 Å². The van der Waals surface area contributed by atoms with E-state index in [1.54, 1.807) is 12.0 Å². The molecule has 1 aromatic carbocycles. The van der Waals surface area contributed by atoms with Gasteiger partial charge in [-0.3, -0.25) is 4.79 Å². The maximum absolute atomic E-state index is 12.5. The molecule has 1 saturated heterocycles. The minimum Gasteiger partial charge on any atom is -0.497 e. The fraction of sp³-hybridized carbons (Fsp3) is 0.500. The van der Waals surface area contributed by atoms with Crippen molar-refractivity contribution in [1.29, 1.82) is 0 Å². The number of ether oxygens (including phenoxy) is 1. The minimum atomic E-state index is -0.294. The SMILES string of the molecule is COc1cccc(N(C)C(=O)C2(C)CCNC2)c1. The van der Waals surface area contributed by atoms with Gasteiger partial charge in [-0.05, 0) is 32.0 Å². The zero-order valence-electron chi connectivity index (χ0n) is 11.2. The lowest BCUT2D eigenvalue weighted by atomic mass is 9.88. The van der Waals surface area contributed by atoms with E-state index in [0.717, 1.165) is 30.9 Å². The molecule has 0 spiro atoms. The molecule has 1 unspecified atom stereocenters. The summed E-state index contributed by atoms with van der Waals surface area (Å²) >= 11 is 0. The van der Waals surface area contributed by atoms with Gasteiger partial charge in [0.2, 0.25) is 5.91 Å². The van der Waals surface area contributed by atoms with E-state index in [0.29, 0.717) is 0 Å². The molecule has 98 valence electrons. The average molecular weight is 248 g/mol. The number of methoxy groups -OCH3 is 1. The van der Waals surface area contributed by atoms with Crippen LogP contribution in [0.3, 0.4) is 0 Å². The van der Waals surface area contributed by atoms with Crippen LogP contribution < -0.4 is 15.0 Å². The molecule has 0 bridgehead atoms. The maximum atomic E-state index is 12.5. The molecule has 1 amide bonds. The van der Waals surface area contributed by atoms with E-state index in [1.165, 1.54) is 0 Å². The van der Waals surface area contributed by atoms with Crippen LogP contribution in [0.4, 0.5) is 5.69 Å². The Hall–Kier alpha value is -1.55. The van der Waals surface area contributed by atoms with Crippen LogP contribution in [0, 0.1) is 5.41 Å². The highest BCUT2D eigenvalue weighted by Crippen LogP contribution is 2.30. The molecule has 0 aromatic heterocycles. The molecule has 4 nitrogen and oxygen atoms in total. The number of hydrogen-bond donors (Lipinski definition) is 1. The van der Waals surface area contributed by atoms with Crippen LogP contribution in [0.5, 0.6) is 5.75 Å². The number of amides is 1. The quantitative estimate of drug-likeness (QED) is 0.884. The first-order valence-corrected chi connectivity index (χ1v) is 6.20. The van der Waals surface area contributed by atoms with Gasteiger partial charge in [-0.25, -0.2) is 0 Å². The fourth-order valence-corrected chi connectivity index (χ4v) is 2.34. The molecule has 1 N–H and O–H groups in total. The molecule has 0 aliphatic carbocycles. The first-order valence-electron chi connectivity index (χ1n) is 6.20. The van der Waals surface area contributed by atoms with Gasteiger partial charge in [-0.15, -0.1) is 0 Å². The number of anilines is 1. The summed E-state index contributed by atoms with van der Waals surface area (Å²) in [4.78, 5) is 14.2. The molecule has 0 saturated carbocycles. The molecule has 1 aliphatic heterocycles. The molecule has 1 atom stereocenters.